The minimum absolute atomic E-state index is 0.710. The highest BCUT2D eigenvalue weighted by atomic mass is 16.5. The fraction of sp³-hybridized carbons (Fsp3) is 0.647. The Morgan fingerprint density at radius 2 is 1.76 bits per heavy atom. The van der Waals surface area contributed by atoms with Gasteiger partial charge in [-0.3, -0.25) is 4.90 Å². The summed E-state index contributed by atoms with van der Waals surface area (Å²) < 4.78 is 5.33. The molecule has 1 aromatic rings. The van der Waals surface area contributed by atoms with Crippen LogP contribution in [0.15, 0.2) is 18.2 Å². The molecule has 0 unspecified atom stereocenters. The van der Waals surface area contributed by atoms with E-state index in [4.69, 9.17) is 10.5 Å². The molecule has 0 aromatic heterocycles. The summed E-state index contributed by atoms with van der Waals surface area (Å²) >= 11 is 0. The van der Waals surface area contributed by atoms with Crippen LogP contribution in [0.25, 0.3) is 0 Å². The van der Waals surface area contributed by atoms with Crippen molar-refractivity contribution in [1.82, 2.24) is 4.90 Å². The second kappa shape index (κ2) is 6.56. The van der Waals surface area contributed by atoms with Gasteiger partial charge in [-0.2, -0.15) is 0 Å². The minimum Gasteiger partial charge on any atom is -0.495 e. The monoisotopic (exact) mass is 289 g/mol. The zero-order valence-electron chi connectivity index (χ0n) is 13.1. The number of methoxy groups -OCH3 is 1. The average Bonchev–Trinajstić information content (AvgIpc) is 2.56. The van der Waals surface area contributed by atoms with Gasteiger partial charge in [0.1, 0.15) is 5.75 Å². The summed E-state index contributed by atoms with van der Waals surface area (Å²) in [5.74, 6) is 0.780. The Morgan fingerprint density at radius 1 is 1.05 bits per heavy atom. The lowest BCUT2D eigenvalue weighted by Gasteiger charge is -2.41. The predicted molar refractivity (Wildman–Crippen MR) is 88.1 cm³/mol. The molecular weight excluding hydrogens is 262 g/mol. The molecule has 4 nitrogen and oxygen atoms in total. The van der Waals surface area contributed by atoms with Crippen molar-refractivity contribution in [2.45, 2.75) is 38.1 Å². The predicted octanol–water partition coefficient (Wildman–Crippen LogP) is 2.73. The highest BCUT2D eigenvalue weighted by molar-refractivity contribution is 5.62. The van der Waals surface area contributed by atoms with E-state index in [0.717, 1.165) is 24.9 Å². The number of hydrogen-bond donors (Lipinski definition) is 1. The molecule has 0 radical (unpaired) electrons. The first kappa shape index (κ1) is 14.5. The van der Waals surface area contributed by atoms with Crippen molar-refractivity contribution >= 4 is 11.4 Å². The molecule has 1 saturated carbocycles. The van der Waals surface area contributed by atoms with Crippen molar-refractivity contribution in [1.29, 1.82) is 0 Å². The molecule has 2 aliphatic rings. The first-order chi connectivity index (χ1) is 10.3. The van der Waals surface area contributed by atoms with E-state index >= 15 is 0 Å². The van der Waals surface area contributed by atoms with E-state index < -0.39 is 0 Å². The molecule has 0 atom stereocenters. The molecule has 2 N–H and O–H groups in total. The van der Waals surface area contributed by atoms with Crippen LogP contribution in [0, 0.1) is 0 Å². The molecule has 1 heterocycles. The molecule has 1 aliphatic heterocycles. The molecule has 21 heavy (non-hydrogen) atoms. The number of benzene rings is 1. The second-order valence-corrected chi connectivity index (χ2v) is 6.24. The lowest BCUT2D eigenvalue weighted by atomic mass is 9.94. The number of nitrogen functional groups attached to an aromatic ring is 1. The molecule has 4 heteroatoms. The third-order valence-electron chi connectivity index (χ3n) is 4.99. The van der Waals surface area contributed by atoms with Gasteiger partial charge in [-0.15, -0.1) is 0 Å². The van der Waals surface area contributed by atoms with E-state index in [-0.39, 0.29) is 0 Å². The minimum atomic E-state index is 0.710. The number of piperazine rings is 1. The van der Waals surface area contributed by atoms with Crippen LogP contribution in [-0.4, -0.2) is 44.2 Å². The van der Waals surface area contributed by atoms with E-state index in [0.29, 0.717) is 5.69 Å². The Hall–Kier alpha value is -1.42. The van der Waals surface area contributed by atoms with Gasteiger partial charge in [-0.05, 0) is 25.0 Å². The van der Waals surface area contributed by atoms with E-state index in [9.17, 15) is 0 Å². The SMILES string of the molecule is COc1cc(N2CCN(C3CCCCC3)CC2)ccc1N. The molecule has 1 aromatic carbocycles. The second-order valence-electron chi connectivity index (χ2n) is 6.24. The number of hydrogen-bond acceptors (Lipinski definition) is 4. The quantitative estimate of drug-likeness (QED) is 0.869. The van der Waals surface area contributed by atoms with Gasteiger partial charge in [-0.25, -0.2) is 0 Å². The zero-order chi connectivity index (χ0) is 14.7. The summed E-state index contributed by atoms with van der Waals surface area (Å²) in [6.07, 6.45) is 7.06. The van der Waals surface area contributed by atoms with Gasteiger partial charge in [0.25, 0.3) is 0 Å². The van der Waals surface area contributed by atoms with Crippen LogP contribution in [0.3, 0.4) is 0 Å². The lowest BCUT2D eigenvalue weighted by Crippen LogP contribution is -2.50. The molecule has 1 saturated heterocycles. The van der Waals surface area contributed by atoms with Crippen molar-refractivity contribution in [3.8, 4) is 5.75 Å². The smallest absolute Gasteiger partial charge is 0.143 e. The molecule has 116 valence electrons. The van der Waals surface area contributed by atoms with Gasteiger partial charge in [0.05, 0.1) is 12.8 Å². The summed E-state index contributed by atoms with van der Waals surface area (Å²) in [4.78, 5) is 5.14. The lowest BCUT2D eigenvalue weighted by molar-refractivity contribution is 0.148. The standard InChI is InChI=1S/C17H27N3O/c1-21-17-13-15(7-8-16(17)18)20-11-9-19(10-12-20)14-5-3-2-4-6-14/h7-8,13-14H,2-6,9-12,18H2,1H3. The molecule has 0 amide bonds. The van der Waals surface area contributed by atoms with Crippen molar-refractivity contribution in [3.63, 3.8) is 0 Å². The highest BCUT2D eigenvalue weighted by Gasteiger charge is 2.25. The van der Waals surface area contributed by atoms with Crippen molar-refractivity contribution in [2.24, 2.45) is 0 Å². The van der Waals surface area contributed by atoms with Crippen LogP contribution in [0.2, 0.25) is 0 Å². The number of nitrogens with two attached hydrogens (primary N) is 1. The fourth-order valence-electron chi connectivity index (χ4n) is 3.69. The maximum absolute atomic E-state index is 5.90. The van der Waals surface area contributed by atoms with E-state index in [1.165, 1.54) is 50.9 Å². The molecular formula is C17H27N3O. The van der Waals surface area contributed by atoms with Gasteiger partial charge in [0, 0.05) is 44.0 Å². The molecule has 2 fully saturated rings. The van der Waals surface area contributed by atoms with Crippen molar-refractivity contribution in [2.75, 3.05) is 43.9 Å². The summed E-state index contributed by atoms with van der Waals surface area (Å²) in [5.41, 5.74) is 7.83. The topological polar surface area (TPSA) is 41.7 Å². The Kier molecular flexibility index (Phi) is 4.54. The summed E-state index contributed by atoms with van der Waals surface area (Å²) in [7, 11) is 1.68. The first-order valence-corrected chi connectivity index (χ1v) is 8.20. The number of rotatable bonds is 3. The van der Waals surface area contributed by atoms with Crippen LogP contribution in [-0.2, 0) is 0 Å². The Balaban J connectivity index is 1.60. The van der Waals surface area contributed by atoms with E-state index in [1.54, 1.807) is 7.11 Å². The van der Waals surface area contributed by atoms with Gasteiger partial charge >= 0.3 is 0 Å². The average molecular weight is 289 g/mol. The van der Waals surface area contributed by atoms with Crippen molar-refractivity contribution in [3.05, 3.63) is 18.2 Å². The highest BCUT2D eigenvalue weighted by Crippen LogP contribution is 2.29. The molecule has 0 bridgehead atoms. The Morgan fingerprint density at radius 3 is 2.43 bits per heavy atom. The van der Waals surface area contributed by atoms with Crippen LogP contribution >= 0.6 is 0 Å². The fourth-order valence-corrected chi connectivity index (χ4v) is 3.69. The largest absolute Gasteiger partial charge is 0.495 e. The van der Waals surface area contributed by atoms with E-state index in [1.807, 2.05) is 6.07 Å². The van der Waals surface area contributed by atoms with Crippen LogP contribution in [0.5, 0.6) is 5.75 Å². The Bertz CT molecular complexity index is 463. The molecule has 3 rings (SSSR count). The molecule has 0 spiro atoms. The zero-order valence-corrected chi connectivity index (χ0v) is 13.1. The first-order valence-electron chi connectivity index (χ1n) is 8.20. The molecule has 1 aliphatic carbocycles. The third-order valence-corrected chi connectivity index (χ3v) is 4.99. The summed E-state index contributed by atoms with van der Waals surface area (Å²) in [6.45, 7) is 4.56. The van der Waals surface area contributed by atoms with Crippen molar-refractivity contribution < 1.29 is 4.74 Å². The maximum Gasteiger partial charge on any atom is 0.143 e. The summed E-state index contributed by atoms with van der Waals surface area (Å²) in [5, 5.41) is 0. The van der Waals surface area contributed by atoms with Gasteiger partial charge in [0.2, 0.25) is 0 Å². The van der Waals surface area contributed by atoms with Crippen LogP contribution in [0.4, 0.5) is 11.4 Å². The van der Waals surface area contributed by atoms with Gasteiger partial charge in [-0.1, -0.05) is 19.3 Å². The maximum atomic E-state index is 5.90. The number of anilines is 2. The van der Waals surface area contributed by atoms with Crippen LogP contribution < -0.4 is 15.4 Å². The van der Waals surface area contributed by atoms with E-state index in [2.05, 4.69) is 21.9 Å². The number of ether oxygens (including phenoxy) is 1. The van der Waals surface area contributed by atoms with Gasteiger partial charge < -0.3 is 15.4 Å². The summed E-state index contributed by atoms with van der Waals surface area (Å²) in [6, 6.07) is 6.95. The van der Waals surface area contributed by atoms with Gasteiger partial charge in [0.15, 0.2) is 0 Å². The third kappa shape index (κ3) is 3.26. The Labute approximate surface area is 127 Å². The number of nitrogens with zero attached hydrogens (tertiary/aromatic N) is 2. The van der Waals surface area contributed by atoms with Crippen LogP contribution in [0.1, 0.15) is 32.1 Å². The normalized spacial score (nSPS) is 21.5.